The van der Waals surface area contributed by atoms with Gasteiger partial charge in [-0.25, -0.2) is 0 Å². The fraction of sp³-hybridized carbons (Fsp3) is 0.250. The molecular weight excluding hydrogens is 332 g/mol. The van der Waals surface area contributed by atoms with E-state index in [4.69, 9.17) is 0 Å². The number of rotatable bonds is 5. The number of fused-ring (bicyclic) bond motifs is 1. The number of benzene rings is 3. The molecule has 3 aromatic rings. The molecule has 1 aliphatic heterocycles. The maximum absolute atomic E-state index is 10.4. The van der Waals surface area contributed by atoms with Gasteiger partial charge in [-0.05, 0) is 22.4 Å². The summed E-state index contributed by atoms with van der Waals surface area (Å²) in [6.07, 6.45) is 4.45. The Morgan fingerprint density at radius 2 is 1.48 bits per heavy atom. The number of piperazine rings is 1. The standard InChI is InChI=1S/C24H26N2O/c27-24-13-12-21-10-4-5-11-22(21)23(24)19-26-17-15-25(16-18-26)14-6-9-20-7-2-1-3-8-20/h1-13,27H,14-19H2. The topological polar surface area (TPSA) is 26.7 Å². The van der Waals surface area contributed by atoms with E-state index in [-0.39, 0.29) is 0 Å². The van der Waals surface area contributed by atoms with Gasteiger partial charge in [-0.2, -0.15) is 0 Å². The number of phenols is 1. The fourth-order valence-corrected chi connectivity index (χ4v) is 3.75. The molecule has 1 aliphatic rings. The summed E-state index contributed by atoms with van der Waals surface area (Å²) >= 11 is 0. The van der Waals surface area contributed by atoms with Crippen LogP contribution in [0.4, 0.5) is 0 Å². The van der Waals surface area contributed by atoms with Crippen LogP contribution in [0.1, 0.15) is 11.1 Å². The molecule has 0 bridgehead atoms. The predicted octanol–water partition coefficient (Wildman–Crippen LogP) is 4.38. The Morgan fingerprint density at radius 3 is 2.30 bits per heavy atom. The molecule has 0 saturated carbocycles. The normalized spacial score (nSPS) is 16.3. The van der Waals surface area contributed by atoms with Gasteiger partial charge in [0.1, 0.15) is 5.75 Å². The summed E-state index contributed by atoms with van der Waals surface area (Å²) < 4.78 is 0. The van der Waals surface area contributed by atoms with Crippen LogP contribution in [0.3, 0.4) is 0 Å². The van der Waals surface area contributed by atoms with Gasteiger partial charge in [0.05, 0.1) is 0 Å². The Labute approximate surface area is 161 Å². The van der Waals surface area contributed by atoms with Crippen molar-refractivity contribution in [1.82, 2.24) is 9.80 Å². The minimum atomic E-state index is 0.405. The van der Waals surface area contributed by atoms with Crippen molar-refractivity contribution >= 4 is 16.8 Å². The Morgan fingerprint density at radius 1 is 0.778 bits per heavy atom. The first-order valence-electron chi connectivity index (χ1n) is 9.65. The number of hydrogen-bond donors (Lipinski definition) is 1. The maximum Gasteiger partial charge on any atom is 0.120 e. The highest BCUT2D eigenvalue weighted by atomic mass is 16.3. The van der Waals surface area contributed by atoms with Crippen LogP contribution >= 0.6 is 0 Å². The van der Waals surface area contributed by atoms with Crippen LogP contribution in [0.15, 0.2) is 72.8 Å². The van der Waals surface area contributed by atoms with Gasteiger partial charge < -0.3 is 5.11 Å². The lowest BCUT2D eigenvalue weighted by atomic mass is 10.0. The molecule has 0 amide bonds. The Hall–Kier alpha value is -2.62. The van der Waals surface area contributed by atoms with Gasteiger partial charge in [-0.15, -0.1) is 0 Å². The summed E-state index contributed by atoms with van der Waals surface area (Å²) in [6.45, 7) is 5.97. The summed E-state index contributed by atoms with van der Waals surface area (Å²) in [7, 11) is 0. The summed E-state index contributed by atoms with van der Waals surface area (Å²) in [5.41, 5.74) is 2.30. The largest absolute Gasteiger partial charge is 0.508 e. The van der Waals surface area contributed by atoms with Crippen molar-refractivity contribution in [2.75, 3.05) is 32.7 Å². The first-order chi connectivity index (χ1) is 13.3. The molecule has 27 heavy (non-hydrogen) atoms. The van der Waals surface area contributed by atoms with E-state index in [1.54, 1.807) is 0 Å². The van der Waals surface area contributed by atoms with Gasteiger partial charge in [0, 0.05) is 44.8 Å². The lowest BCUT2D eigenvalue weighted by Crippen LogP contribution is -2.45. The van der Waals surface area contributed by atoms with E-state index in [2.05, 4.69) is 58.4 Å². The zero-order valence-electron chi connectivity index (χ0n) is 15.6. The van der Waals surface area contributed by atoms with Crippen molar-refractivity contribution in [2.45, 2.75) is 6.54 Å². The van der Waals surface area contributed by atoms with Crippen LogP contribution < -0.4 is 0 Å². The Bertz CT molecular complexity index is 912. The smallest absolute Gasteiger partial charge is 0.120 e. The quantitative estimate of drug-likeness (QED) is 0.733. The second-order valence-corrected chi connectivity index (χ2v) is 7.17. The fourth-order valence-electron chi connectivity index (χ4n) is 3.75. The Kier molecular flexibility index (Phi) is 5.52. The third-order valence-electron chi connectivity index (χ3n) is 5.34. The van der Waals surface area contributed by atoms with Crippen molar-refractivity contribution in [3.63, 3.8) is 0 Å². The molecule has 3 heteroatoms. The van der Waals surface area contributed by atoms with E-state index < -0.39 is 0 Å². The van der Waals surface area contributed by atoms with Gasteiger partial charge >= 0.3 is 0 Å². The molecule has 4 rings (SSSR count). The summed E-state index contributed by atoms with van der Waals surface area (Å²) in [5, 5.41) is 12.7. The lowest BCUT2D eigenvalue weighted by Gasteiger charge is -2.34. The minimum absolute atomic E-state index is 0.405. The van der Waals surface area contributed by atoms with Gasteiger partial charge in [0.25, 0.3) is 0 Å². The molecule has 0 aromatic heterocycles. The molecule has 0 unspecified atom stereocenters. The van der Waals surface area contributed by atoms with Crippen molar-refractivity contribution in [1.29, 1.82) is 0 Å². The van der Waals surface area contributed by atoms with Crippen molar-refractivity contribution in [2.24, 2.45) is 0 Å². The van der Waals surface area contributed by atoms with Crippen LogP contribution in [0, 0.1) is 0 Å². The van der Waals surface area contributed by atoms with Crippen LogP contribution in [-0.4, -0.2) is 47.6 Å². The molecule has 3 nitrogen and oxygen atoms in total. The van der Waals surface area contributed by atoms with Gasteiger partial charge in [-0.1, -0.05) is 72.8 Å². The molecule has 0 radical (unpaired) electrons. The van der Waals surface area contributed by atoms with Crippen molar-refractivity contribution in [3.8, 4) is 5.75 Å². The maximum atomic E-state index is 10.4. The van der Waals surface area contributed by atoms with E-state index in [1.807, 2.05) is 30.3 Å². The third-order valence-corrected chi connectivity index (χ3v) is 5.34. The highest BCUT2D eigenvalue weighted by Gasteiger charge is 2.18. The molecular formula is C24H26N2O. The van der Waals surface area contributed by atoms with Crippen LogP contribution in [0.2, 0.25) is 0 Å². The van der Waals surface area contributed by atoms with E-state index in [9.17, 15) is 5.11 Å². The summed E-state index contributed by atoms with van der Waals surface area (Å²) in [4.78, 5) is 4.93. The number of nitrogens with zero attached hydrogens (tertiary/aromatic N) is 2. The Balaban J connectivity index is 1.34. The third kappa shape index (κ3) is 4.38. The monoisotopic (exact) mass is 358 g/mol. The molecule has 138 valence electrons. The molecule has 1 saturated heterocycles. The van der Waals surface area contributed by atoms with Crippen molar-refractivity contribution < 1.29 is 5.11 Å². The van der Waals surface area contributed by atoms with Crippen LogP contribution in [-0.2, 0) is 6.54 Å². The second-order valence-electron chi connectivity index (χ2n) is 7.17. The first-order valence-corrected chi connectivity index (χ1v) is 9.65. The van der Waals surface area contributed by atoms with E-state index in [0.29, 0.717) is 5.75 Å². The van der Waals surface area contributed by atoms with Crippen molar-refractivity contribution in [3.05, 3.63) is 83.9 Å². The van der Waals surface area contributed by atoms with E-state index >= 15 is 0 Å². The van der Waals surface area contributed by atoms with Gasteiger partial charge in [0.15, 0.2) is 0 Å². The number of hydrogen-bond acceptors (Lipinski definition) is 3. The number of phenolic OH excluding ortho intramolecular Hbond substituents is 1. The second kappa shape index (κ2) is 8.38. The van der Waals surface area contributed by atoms with Gasteiger partial charge in [0.2, 0.25) is 0 Å². The summed E-state index contributed by atoms with van der Waals surface area (Å²) in [5.74, 6) is 0.405. The SMILES string of the molecule is Oc1ccc2ccccc2c1CN1CCN(CC=Cc2ccccc2)CC1. The molecule has 1 heterocycles. The number of aromatic hydroxyl groups is 1. The van der Waals surface area contributed by atoms with E-state index in [0.717, 1.165) is 50.2 Å². The highest BCUT2D eigenvalue weighted by molar-refractivity contribution is 5.87. The lowest BCUT2D eigenvalue weighted by molar-refractivity contribution is 0.136. The van der Waals surface area contributed by atoms with Gasteiger partial charge in [-0.3, -0.25) is 9.80 Å². The zero-order valence-corrected chi connectivity index (χ0v) is 15.6. The highest BCUT2D eigenvalue weighted by Crippen LogP contribution is 2.28. The predicted molar refractivity (Wildman–Crippen MR) is 113 cm³/mol. The first kappa shape index (κ1) is 17.8. The average Bonchev–Trinajstić information content (AvgIpc) is 2.72. The molecule has 1 N–H and O–H groups in total. The van der Waals surface area contributed by atoms with E-state index in [1.165, 1.54) is 10.9 Å². The minimum Gasteiger partial charge on any atom is -0.508 e. The summed E-state index contributed by atoms with van der Waals surface area (Å²) in [6, 6.07) is 22.6. The van der Waals surface area contributed by atoms with Crippen LogP contribution in [0.5, 0.6) is 5.75 Å². The molecule has 0 aliphatic carbocycles. The molecule has 3 aromatic carbocycles. The molecule has 0 spiro atoms. The zero-order chi connectivity index (χ0) is 18.5. The molecule has 0 atom stereocenters. The van der Waals surface area contributed by atoms with Crippen LogP contribution in [0.25, 0.3) is 16.8 Å². The molecule has 1 fully saturated rings. The average molecular weight is 358 g/mol.